The standard InChI is InChI=1S/C22H27NO/c1-16-8-4-5-9-18(16)21-19-10-6-7-11-20(19)22(24-21)14-12-17(13-15-22)23(2)3/h4-11,17,21H,12-15H2,1-3H3/t17?,21-,22?/m1/s1. The number of rotatable bonds is 2. The lowest BCUT2D eigenvalue weighted by Gasteiger charge is -2.40. The van der Waals surface area contributed by atoms with Gasteiger partial charge < -0.3 is 9.64 Å². The summed E-state index contributed by atoms with van der Waals surface area (Å²) in [6, 6.07) is 18.2. The summed E-state index contributed by atoms with van der Waals surface area (Å²) >= 11 is 0. The Labute approximate surface area is 145 Å². The van der Waals surface area contributed by atoms with E-state index in [9.17, 15) is 0 Å². The van der Waals surface area contributed by atoms with E-state index < -0.39 is 0 Å². The molecule has 0 amide bonds. The van der Waals surface area contributed by atoms with Gasteiger partial charge in [-0.2, -0.15) is 0 Å². The molecule has 0 unspecified atom stereocenters. The van der Waals surface area contributed by atoms with Gasteiger partial charge in [-0.15, -0.1) is 0 Å². The predicted molar refractivity (Wildman–Crippen MR) is 98.2 cm³/mol. The first-order chi connectivity index (χ1) is 11.6. The van der Waals surface area contributed by atoms with Crippen molar-refractivity contribution in [2.75, 3.05) is 14.1 Å². The maximum absolute atomic E-state index is 6.84. The summed E-state index contributed by atoms with van der Waals surface area (Å²) in [6.45, 7) is 2.19. The van der Waals surface area contributed by atoms with Crippen molar-refractivity contribution in [1.82, 2.24) is 4.90 Å². The third-order valence-corrected chi connectivity index (χ3v) is 6.04. The van der Waals surface area contributed by atoms with Crippen molar-refractivity contribution in [3.8, 4) is 0 Å². The summed E-state index contributed by atoms with van der Waals surface area (Å²) in [5.74, 6) is 0. The number of hydrogen-bond donors (Lipinski definition) is 0. The Morgan fingerprint density at radius 2 is 1.54 bits per heavy atom. The SMILES string of the molecule is Cc1ccccc1[C@H]1OC2(CCC(N(C)C)CC2)c2ccccc21. The molecule has 1 atom stereocenters. The molecule has 0 aromatic heterocycles. The van der Waals surface area contributed by atoms with E-state index in [4.69, 9.17) is 4.74 Å². The number of benzene rings is 2. The van der Waals surface area contributed by atoms with Gasteiger partial charge in [-0.3, -0.25) is 0 Å². The Bertz CT molecular complexity index is 728. The highest BCUT2D eigenvalue weighted by Crippen LogP contribution is 2.53. The van der Waals surface area contributed by atoms with Crippen LogP contribution >= 0.6 is 0 Å². The van der Waals surface area contributed by atoms with Gasteiger partial charge in [-0.25, -0.2) is 0 Å². The highest BCUT2D eigenvalue weighted by atomic mass is 16.5. The summed E-state index contributed by atoms with van der Waals surface area (Å²) in [6.07, 6.45) is 4.74. The molecule has 1 saturated carbocycles. The largest absolute Gasteiger partial charge is 0.358 e. The van der Waals surface area contributed by atoms with Crippen molar-refractivity contribution in [2.24, 2.45) is 0 Å². The van der Waals surface area contributed by atoms with E-state index in [0.717, 1.165) is 12.8 Å². The van der Waals surface area contributed by atoms with E-state index in [1.165, 1.54) is 35.1 Å². The lowest BCUT2D eigenvalue weighted by atomic mass is 9.77. The molecule has 0 saturated heterocycles. The predicted octanol–water partition coefficient (Wildman–Crippen LogP) is 4.81. The van der Waals surface area contributed by atoms with Gasteiger partial charge in [0, 0.05) is 6.04 Å². The molecule has 2 aromatic rings. The topological polar surface area (TPSA) is 12.5 Å². The van der Waals surface area contributed by atoms with Crippen LogP contribution in [-0.4, -0.2) is 25.0 Å². The normalized spacial score (nSPS) is 29.2. The molecular weight excluding hydrogens is 294 g/mol. The molecule has 1 aliphatic carbocycles. The van der Waals surface area contributed by atoms with Gasteiger partial charge in [0.25, 0.3) is 0 Å². The first-order valence-corrected chi connectivity index (χ1v) is 9.10. The number of hydrogen-bond acceptors (Lipinski definition) is 2. The molecule has 1 aliphatic heterocycles. The van der Waals surface area contributed by atoms with Crippen molar-refractivity contribution in [2.45, 2.75) is 50.4 Å². The zero-order chi connectivity index (χ0) is 16.7. The van der Waals surface area contributed by atoms with Crippen LogP contribution in [0.3, 0.4) is 0 Å². The fraction of sp³-hybridized carbons (Fsp3) is 0.455. The van der Waals surface area contributed by atoms with Crippen LogP contribution in [0.5, 0.6) is 0 Å². The minimum absolute atomic E-state index is 0.0818. The average Bonchev–Trinajstić information content (AvgIpc) is 2.90. The summed E-state index contributed by atoms with van der Waals surface area (Å²) in [7, 11) is 4.39. The second-order valence-corrected chi connectivity index (χ2v) is 7.63. The van der Waals surface area contributed by atoms with E-state index in [-0.39, 0.29) is 11.7 Å². The first-order valence-electron chi connectivity index (χ1n) is 9.10. The molecule has 2 aliphatic rings. The van der Waals surface area contributed by atoms with Crippen molar-refractivity contribution in [3.63, 3.8) is 0 Å². The van der Waals surface area contributed by atoms with Gasteiger partial charge in [0.2, 0.25) is 0 Å². The third kappa shape index (κ3) is 2.49. The van der Waals surface area contributed by atoms with Crippen LogP contribution in [0.2, 0.25) is 0 Å². The van der Waals surface area contributed by atoms with Crippen LogP contribution in [0, 0.1) is 6.92 Å². The third-order valence-electron chi connectivity index (χ3n) is 6.04. The van der Waals surface area contributed by atoms with Crippen molar-refractivity contribution in [3.05, 3.63) is 70.8 Å². The van der Waals surface area contributed by atoms with Crippen LogP contribution < -0.4 is 0 Å². The van der Waals surface area contributed by atoms with Gasteiger partial charge in [-0.05, 0) is 69.0 Å². The maximum atomic E-state index is 6.84. The van der Waals surface area contributed by atoms with Gasteiger partial charge in [0.15, 0.2) is 0 Å². The molecule has 24 heavy (non-hydrogen) atoms. The summed E-state index contributed by atoms with van der Waals surface area (Å²) in [5.41, 5.74) is 5.34. The molecule has 2 aromatic carbocycles. The summed E-state index contributed by atoms with van der Waals surface area (Å²) < 4.78 is 6.84. The van der Waals surface area contributed by atoms with Crippen LogP contribution in [-0.2, 0) is 10.3 Å². The molecule has 2 heteroatoms. The van der Waals surface area contributed by atoms with E-state index in [0.29, 0.717) is 6.04 Å². The summed E-state index contributed by atoms with van der Waals surface area (Å²) in [5, 5.41) is 0. The van der Waals surface area contributed by atoms with E-state index in [1.807, 2.05) is 0 Å². The quantitative estimate of drug-likeness (QED) is 0.787. The van der Waals surface area contributed by atoms with E-state index >= 15 is 0 Å². The zero-order valence-corrected chi connectivity index (χ0v) is 15.0. The van der Waals surface area contributed by atoms with Gasteiger partial charge in [0.1, 0.15) is 6.10 Å². The summed E-state index contributed by atoms with van der Waals surface area (Å²) in [4.78, 5) is 2.37. The Balaban J connectivity index is 1.71. The lowest BCUT2D eigenvalue weighted by Crippen LogP contribution is -2.39. The Hall–Kier alpha value is -1.64. The number of aryl methyl sites for hydroxylation is 1. The molecule has 0 bridgehead atoms. The second kappa shape index (κ2) is 6.02. The fourth-order valence-electron chi connectivity index (χ4n) is 4.58. The molecule has 126 valence electrons. The Kier molecular flexibility index (Phi) is 3.98. The van der Waals surface area contributed by atoms with Crippen LogP contribution in [0.15, 0.2) is 48.5 Å². The minimum Gasteiger partial charge on any atom is -0.358 e. The number of nitrogens with zero attached hydrogens (tertiary/aromatic N) is 1. The average molecular weight is 321 g/mol. The molecule has 1 heterocycles. The van der Waals surface area contributed by atoms with Crippen molar-refractivity contribution >= 4 is 0 Å². The highest BCUT2D eigenvalue weighted by molar-refractivity contribution is 5.45. The molecule has 2 nitrogen and oxygen atoms in total. The van der Waals surface area contributed by atoms with Gasteiger partial charge in [-0.1, -0.05) is 48.5 Å². The number of fused-ring (bicyclic) bond motifs is 2. The number of ether oxygens (including phenoxy) is 1. The monoisotopic (exact) mass is 321 g/mol. The first kappa shape index (κ1) is 15.9. The lowest BCUT2D eigenvalue weighted by molar-refractivity contribution is -0.0933. The molecule has 1 fully saturated rings. The van der Waals surface area contributed by atoms with Crippen LogP contribution in [0.4, 0.5) is 0 Å². The van der Waals surface area contributed by atoms with Crippen molar-refractivity contribution < 1.29 is 4.74 Å². The molecule has 0 radical (unpaired) electrons. The van der Waals surface area contributed by atoms with E-state index in [1.54, 1.807) is 0 Å². The minimum atomic E-state index is -0.0873. The second-order valence-electron chi connectivity index (χ2n) is 7.63. The van der Waals surface area contributed by atoms with Crippen LogP contribution in [0.1, 0.15) is 54.0 Å². The smallest absolute Gasteiger partial charge is 0.109 e. The molecule has 0 N–H and O–H groups in total. The zero-order valence-electron chi connectivity index (χ0n) is 15.0. The molecular formula is C22H27NO. The maximum Gasteiger partial charge on any atom is 0.109 e. The highest BCUT2D eigenvalue weighted by Gasteiger charge is 2.47. The van der Waals surface area contributed by atoms with Crippen LogP contribution in [0.25, 0.3) is 0 Å². The van der Waals surface area contributed by atoms with Gasteiger partial charge in [0.05, 0.1) is 5.60 Å². The van der Waals surface area contributed by atoms with E-state index in [2.05, 4.69) is 74.4 Å². The molecule has 4 rings (SSSR count). The Morgan fingerprint density at radius 3 is 2.21 bits per heavy atom. The molecule has 1 spiro atoms. The van der Waals surface area contributed by atoms with Crippen molar-refractivity contribution in [1.29, 1.82) is 0 Å². The Morgan fingerprint density at radius 1 is 0.917 bits per heavy atom. The fourth-order valence-corrected chi connectivity index (χ4v) is 4.58. The van der Waals surface area contributed by atoms with Gasteiger partial charge >= 0.3 is 0 Å².